The van der Waals surface area contributed by atoms with Gasteiger partial charge in [-0.15, -0.1) is 0 Å². The van der Waals surface area contributed by atoms with Crippen molar-refractivity contribution in [2.24, 2.45) is 0 Å². The molecule has 0 aliphatic rings. The fourth-order valence-electron chi connectivity index (χ4n) is 3.63. The molecule has 0 unspecified atom stereocenters. The molecule has 2 aromatic carbocycles. The third kappa shape index (κ3) is 10.4. The highest BCUT2D eigenvalue weighted by Crippen LogP contribution is 2.33. The summed E-state index contributed by atoms with van der Waals surface area (Å²) in [4.78, 5) is 23.1. The van der Waals surface area contributed by atoms with Crippen LogP contribution in [0.2, 0.25) is 0 Å². The number of aliphatic hydroxyl groups excluding tert-OH is 2. The van der Waals surface area contributed by atoms with Crippen molar-refractivity contribution >= 4 is 11.9 Å². The molecule has 0 aromatic heterocycles. The first-order valence-corrected chi connectivity index (χ1v) is 13.3. The van der Waals surface area contributed by atoms with E-state index in [1.807, 2.05) is 62.4 Å². The lowest BCUT2D eigenvalue weighted by Crippen LogP contribution is -2.18. The van der Waals surface area contributed by atoms with Crippen LogP contribution in [0.3, 0.4) is 0 Å². The number of hydrogen-bond acceptors (Lipinski definition) is 8. The molecule has 0 radical (unpaired) electrons. The van der Waals surface area contributed by atoms with Crippen molar-refractivity contribution in [3.63, 3.8) is 0 Å². The number of allylic oxidation sites excluding steroid dienone is 2. The van der Waals surface area contributed by atoms with E-state index < -0.39 is 11.9 Å². The van der Waals surface area contributed by atoms with Gasteiger partial charge in [-0.3, -0.25) is 0 Å². The van der Waals surface area contributed by atoms with Crippen LogP contribution >= 0.6 is 0 Å². The SMILES string of the molecule is CCC=C(O)C(=O)OCCCOc1ccc(C(C)(C)c2ccc(OCCCOC(=O)C(O)=CCC)cc2)cc1. The van der Waals surface area contributed by atoms with Crippen molar-refractivity contribution in [2.45, 2.75) is 58.8 Å². The Morgan fingerprint density at radius 3 is 1.36 bits per heavy atom. The van der Waals surface area contributed by atoms with Gasteiger partial charge >= 0.3 is 11.9 Å². The number of benzene rings is 2. The molecule has 0 aliphatic carbocycles. The molecule has 8 nitrogen and oxygen atoms in total. The first kappa shape index (κ1) is 31.3. The van der Waals surface area contributed by atoms with Crippen molar-refractivity contribution < 1.29 is 38.7 Å². The molecule has 2 rings (SSSR count). The zero-order valence-electron chi connectivity index (χ0n) is 23.3. The molecule has 212 valence electrons. The summed E-state index contributed by atoms with van der Waals surface area (Å²) in [5.41, 5.74) is 2.00. The monoisotopic (exact) mass is 540 g/mol. The van der Waals surface area contributed by atoms with E-state index in [1.54, 1.807) is 0 Å². The molecule has 0 saturated heterocycles. The number of hydrogen-bond donors (Lipinski definition) is 2. The smallest absolute Gasteiger partial charge is 0.373 e. The highest BCUT2D eigenvalue weighted by molar-refractivity contribution is 5.86. The molecule has 0 bridgehead atoms. The lowest BCUT2D eigenvalue weighted by molar-refractivity contribution is -0.143. The number of ether oxygens (including phenoxy) is 4. The van der Waals surface area contributed by atoms with Gasteiger partial charge in [0.15, 0.2) is 11.5 Å². The summed E-state index contributed by atoms with van der Waals surface area (Å²) < 4.78 is 21.5. The van der Waals surface area contributed by atoms with E-state index >= 15 is 0 Å². The lowest BCUT2D eigenvalue weighted by Gasteiger charge is -2.26. The topological polar surface area (TPSA) is 112 Å². The third-order valence-electron chi connectivity index (χ3n) is 5.95. The maximum absolute atomic E-state index is 11.5. The molecule has 8 heteroatoms. The molecule has 0 amide bonds. The van der Waals surface area contributed by atoms with Gasteiger partial charge in [0.25, 0.3) is 0 Å². The Kier molecular flexibility index (Phi) is 12.9. The number of rotatable bonds is 16. The van der Waals surface area contributed by atoms with Crippen LogP contribution in [-0.4, -0.2) is 48.6 Å². The van der Waals surface area contributed by atoms with E-state index in [4.69, 9.17) is 18.9 Å². The van der Waals surface area contributed by atoms with Crippen LogP contribution in [0.5, 0.6) is 11.5 Å². The summed E-state index contributed by atoms with van der Waals surface area (Å²) in [5.74, 6) is -0.721. The normalized spacial score (nSPS) is 12.1. The second kappa shape index (κ2) is 16.1. The Hall–Kier alpha value is -3.94. The summed E-state index contributed by atoms with van der Waals surface area (Å²) in [6.07, 6.45) is 4.96. The predicted octanol–water partition coefficient (Wildman–Crippen LogP) is 6.34. The van der Waals surface area contributed by atoms with E-state index in [0.717, 1.165) is 22.6 Å². The molecule has 2 aromatic rings. The van der Waals surface area contributed by atoms with Crippen LogP contribution in [0, 0.1) is 0 Å². The Morgan fingerprint density at radius 2 is 1.03 bits per heavy atom. The van der Waals surface area contributed by atoms with Gasteiger partial charge in [-0.1, -0.05) is 52.0 Å². The van der Waals surface area contributed by atoms with Gasteiger partial charge in [-0.25, -0.2) is 9.59 Å². The summed E-state index contributed by atoms with van der Waals surface area (Å²) >= 11 is 0. The third-order valence-corrected chi connectivity index (χ3v) is 5.95. The minimum Gasteiger partial charge on any atom is -0.502 e. The summed E-state index contributed by atoms with van der Waals surface area (Å²) in [7, 11) is 0. The first-order chi connectivity index (χ1) is 18.7. The van der Waals surface area contributed by atoms with Crippen LogP contribution < -0.4 is 9.47 Å². The number of carbonyl (C=O) groups excluding carboxylic acids is 2. The van der Waals surface area contributed by atoms with Gasteiger partial charge in [0.05, 0.1) is 26.4 Å². The number of esters is 2. The maximum atomic E-state index is 11.5. The molecule has 0 aliphatic heterocycles. The van der Waals surface area contributed by atoms with Gasteiger partial charge in [-0.2, -0.15) is 0 Å². The van der Waals surface area contributed by atoms with Gasteiger partial charge in [-0.05, 0) is 60.4 Å². The number of carbonyl (C=O) groups is 2. The Morgan fingerprint density at radius 1 is 0.667 bits per heavy atom. The fraction of sp³-hybridized carbons (Fsp3) is 0.419. The van der Waals surface area contributed by atoms with Crippen LogP contribution in [0.15, 0.2) is 72.2 Å². The lowest BCUT2D eigenvalue weighted by atomic mass is 9.78. The predicted molar refractivity (Wildman–Crippen MR) is 149 cm³/mol. The zero-order chi connectivity index (χ0) is 28.7. The first-order valence-electron chi connectivity index (χ1n) is 13.3. The summed E-state index contributed by atoms with van der Waals surface area (Å²) in [6.45, 7) is 9.04. The van der Waals surface area contributed by atoms with Crippen molar-refractivity contribution in [3.05, 3.63) is 83.3 Å². The Balaban J connectivity index is 1.78. The maximum Gasteiger partial charge on any atom is 0.373 e. The quantitative estimate of drug-likeness (QED) is 0.110. The van der Waals surface area contributed by atoms with Crippen molar-refractivity contribution in [2.75, 3.05) is 26.4 Å². The minimum absolute atomic E-state index is 0.167. The van der Waals surface area contributed by atoms with Gasteiger partial charge < -0.3 is 29.2 Å². The number of aliphatic hydroxyl groups is 2. The van der Waals surface area contributed by atoms with E-state index in [-0.39, 0.29) is 30.1 Å². The molecule has 0 fully saturated rings. The Labute approximate surface area is 230 Å². The highest BCUT2D eigenvalue weighted by atomic mass is 16.6. The van der Waals surface area contributed by atoms with Crippen LogP contribution in [0.1, 0.15) is 64.5 Å². The molecular weight excluding hydrogens is 500 g/mol. The van der Waals surface area contributed by atoms with Crippen LogP contribution in [0.25, 0.3) is 0 Å². The zero-order valence-corrected chi connectivity index (χ0v) is 23.3. The molecule has 0 heterocycles. The summed E-state index contributed by atoms with van der Waals surface area (Å²) in [6, 6.07) is 15.8. The molecule has 0 atom stereocenters. The standard InChI is InChI=1S/C31H40O8/c1-5-9-27(32)29(34)38-21-7-19-36-25-15-11-23(12-16-25)31(3,4)24-13-17-26(18-14-24)37-20-8-22-39-30(35)28(33)10-6-2/h9-18,32-33H,5-8,19-22H2,1-4H3. The van der Waals surface area contributed by atoms with Gasteiger partial charge in [0.2, 0.25) is 0 Å². The fourth-order valence-corrected chi connectivity index (χ4v) is 3.63. The molecule has 2 N–H and O–H groups in total. The van der Waals surface area contributed by atoms with Crippen LogP contribution in [-0.2, 0) is 24.5 Å². The summed E-state index contributed by atoms with van der Waals surface area (Å²) in [5, 5.41) is 18.9. The average Bonchev–Trinajstić information content (AvgIpc) is 2.93. The second-order valence-corrected chi connectivity index (χ2v) is 9.34. The minimum atomic E-state index is -0.719. The molecule has 39 heavy (non-hydrogen) atoms. The van der Waals surface area contributed by atoms with Gasteiger partial charge in [0, 0.05) is 18.3 Å². The van der Waals surface area contributed by atoms with E-state index in [1.165, 1.54) is 12.2 Å². The van der Waals surface area contributed by atoms with E-state index in [0.29, 0.717) is 38.9 Å². The van der Waals surface area contributed by atoms with Crippen molar-refractivity contribution in [1.82, 2.24) is 0 Å². The average molecular weight is 541 g/mol. The van der Waals surface area contributed by atoms with Gasteiger partial charge in [0.1, 0.15) is 11.5 Å². The Bertz CT molecular complexity index is 1010. The van der Waals surface area contributed by atoms with Crippen molar-refractivity contribution in [1.29, 1.82) is 0 Å². The van der Waals surface area contributed by atoms with Crippen molar-refractivity contribution in [3.8, 4) is 11.5 Å². The largest absolute Gasteiger partial charge is 0.502 e. The molecule has 0 spiro atoms. The second-order valence-electron chi connectivity index (χ2n) is 9.34. The van der Waals surface area contributed by atoms with Crippen LogP contribution in [0.4, 0.5) is 0 Å². The highest BCUT2D eigenvalue weighted by Gasteiger charge is 2.23. The van der Waals surface area contributed by atoms with E-state index in [9.17, 15) is 19.8 Å². The molecule has 0 saturated carbocycles. The van der Waals surface area contributed by atoms with E-state index in [2.05, 4.69) is 13.8 Å². The molecular formula is C31H40O8.